The summed E-state index contributed by atoms with van der Waals surface area (Å²) < 4.78 is 0. The Morgan fingerprint density at radius 3 is 2.05 bits per heavy atom. The molecule has 0 spiro atoms. The number of carbonyl (C=O) groups is 2. The Morgan fingerprint density at radius 2 is 1.52 bits per heavy atom. The van der Waals surface area contributed by atoms with Crippen LogP contribution in [0.1, 0.15) is 24.2 Å². The minimum atomic E-state index is -0.457. The van der Waals surface area contributed by atoms with Crippen LogP contribution in [0.25, 0.3) is 0 Å². The van der Waals surface area contributed by atoms with E-state index in [-0.39, 0.29) is 17.7 Å². The molecule has 1 aliphatic rings. The van der Waals surface area contributed by atoms with Crippen molar-refractivity contribution in [2.45, 2.75) is 19.9 Å². The standard InChI is InChI=1S/C16H23N3O2/c1-12(2)14(17)16(21)19-10-8-18(9-11-19)15(20)13-6-4-3-5-7-13/h3-7,12,14H,8-11,17H2,1-2H3. The molecule has 1 aliphatic heterocycles. The smallest absolute Gasteiger partial charge is 0.253 e. The third-order valence-corrected chi connectivity index (χ3v) is 3.90. The Bertz CT molecular complexity index is 494. The van der Waals surface area contributed by atoms with Crippen LogP contribution in [0.15, 0.2) is 30.3 Å². The number of benzene rings is 1. The number of hydrogen-bond acceptors (Lipinski definition) is 3. The molecule has 5 nitrogen and oxygen atoms in total. The number of amides is 2. The van der Waals surface area contributed by atoms with Crippen LogP contribution >= 0.6 is 0 Å². The highest BCUT2D eigenvalue weighted by molar-refractivity contribution is 5.94. The van der Waals surface area contributed by atoms with Gasteiger partial charge in [-0.2, -0.15) is 0 Å². The van der Waals surface area contributed by atoms with Crippen LogP contribution in [0, 0.1) is 5.92 Å². The van der Waals surface area contributed by atoms with Gasteiger partial charge in [0.2, 0.25) is 5.91 Å². The molecule has 2 rings (SSSR count). The van der Waals surface area contributed by atoms with E-state index in [1.807, 2.05) is 44.2 Å². The second-order valence-electron chi connectivity index (χ2n) is 5.75. The van der Waals surface area contributed by atoms with E-state index in [1.165, 1.54) is 0 Å². The summed E-state index contributed by atoms with van der Waals surface area (Å²) in [5, 5.41) is 0. The maximum atomic E-state index is 12.3. The van der Waals surface area contributed by atoms with E-state index in [0.29, 0.717) is 31.7 Å². The molecule has 1 atom stereocenters. The topological polar surface area (TPSA) is 66.6 Å². The minimum absolute atomic E-state index is 0.0168. The van der Waals surface area contributed by atoms with Gasteiger partial charge >= 0.3 is 0 Å². The molecule has 2 amide bonds. The fourth-order valence-corrected chi connectivity index (χ4v) is 2.39. The Morgan fingerprint density at radius 1 is 1.00 bits per heavy atom. The molecule has 1 aromatic rings. The third-order valence-electron chi connectivity index (χ3n) is 3.90. The average Bonchev–Trinajstić information content (AvgIpc) is 2.53. The van der Waals surface area contributed by atoms with E-state index in [1.54, 1.807) is 9.80 Å². The van der Waals surface area contributed by atoms with Gasteiger partial charge in [-0.15, -0.1) is 0 Å². The zero-order valence-corrected chi connectivity index (χ0v) is 12.7. The Hall–Kier alpha value is -1.88. The predicted molar refractivity (Wildman–Crippen MR) is 81.7 cm³/mol. The molecule has 1 unspecified atom stereocenters. The molecule has 0 aromatic heterocycles. The summed E-state index contributed by atoms with van der Waals surface area (Å²) in [6, 6.07) is 8.77. The van der Waals surface area contributed by atoms with Crippen molar-refractivity contribution in [3.05, 3.63) is 35.9 Å². The van der Waals surface area contributed by atoms with Crippen molar-refractivity contribution >= 4 is 11.8 Å². The summed E-state index contributed by atoms with van der Waals surface area (Å²) in [6.07, 6.45) is 0. The number of carbonyl (C=O) groups excluding carboxylic acids is 2. The molecule has 5 heteroatoms. The summed E-state index contributed by atoms with van der Waals surface area (Å²) >= 11 is 0. The molecule has 114 valence electrons. The quantitative estimate of drug-likeness (QED) is 0.901. The first kappa shape index (κ1) is 15.5. The number of nitrogens with zero attached hydrogens (tertiary/aromatic N) is 2. The van der Waals surface area contributed by atoms with Crippen molar-refractivity contribution in [2.24, 2.45) is 11.7 Å². The molecular formula is C16H23N3O2. The molecule has 0 radical (unpaired) electrons. The zero-order chi connectivity index (χ0) is 15.4. The largest absolute Gasteiger partial charge is 0.338 e. The Labute approximate surface area is 125 Å². The van der Waals surface area contributed by atoms with Gasteiger partial charge in [-0.05, 0) is 18.1 Å². The molecule has 0 bridgehead atoms. The van der Waals surface area contributed by atoms with Crippen LogP contribution in [0.3, 0.4) is 0 Å². The minimum Gasteiger partial charge on any atom is -0.338 e. The van der Waals surface area contributed by atoms with Crippen LogP contribution in [-0.4, -0.2) is 53.8 Å². The van der Waals surface area contributed by atoms with Crippen molar-refractivity contribution in [2.75, 3.05) is 26.2 Å². The monoisotopic (exact) mass is 289 g/mol. The lowest BCUT2D eigenvalue weighted by atomic mass is 10.0. The molecule has 1 aromatic carbocycles. The van der Waals surface area contributed by atoms with Crippen molar-refractivity contribution in [1.29, 1.82) is 0 Å². The van der Waals surface area contributed by atoms with Gasteiger partial charge in [0, 0.05) is 31.7 Å². The highest BCUT2D eigenvalue weighted by Crippen LogP contribution is 2.11. The van der Waals surface area contributed by atoms with Gasteiger partial charge in [0.15, 0.2) is 0 Å². The Balaban J connectivity index is 1.92. The second kappa shape index (κ2) is 6.72. The van der Waals surface area contributed by atoms with Gasteiger partial charge in [-0.1, -0.05) is 32.0 Å². The summed E-state index contributed by atoms with van der Waals surface area (Å²) in [5.41, 5.74) is 6.60. The van der Waals surface area contributed by atoms with E-state index in [2.05, 4.69) is 0 Å². The van der Waals surface area contributed by atoms with E-state index in [0.717, 1.165) is 0 Å². The SMILES string of the molecule is CC(C)C(N)C(=O)N1CCN(C(=O)c2ccccc2)CC1. The number of hydrogen-bond donors (Lipinski definition) is 1. The molecule has 0 aliphatic carbocycles. The fraction of sp³-hybridized carbons (Fsp3) is 0.500. The highest BCUT2D eigenvalue weighted by atomic mass is 16.2. The van der Waals surface area contributed by atoms with E-state index < -0.39 is 6.04 Å². The maximum absolute atomic E-state index is 12.3. The molecule has 0 saturated carbocycles. The Kier molecular flexibility index (Phi) is 4.96. The van der Waals surface area contributed by atoms with Crippen molar-refractivity contribution in [3.63, 3.8) is 0 Å². The van der Waals surface area contributed by atoms with Crippen LogP contribution in [0.5, 0.6) is 0 Å². The maximum Gasteiger partial charge on any atom is 0.253 e. The van der Waals surface area contributed by atoms with Gasteiger partial charge in [0.05, 0.1) is 6.04 Å². The average molecular weight is 289 g/mol. The van der Waals surface area contributed by atoms with Crippen LogP contribution in [0.2, 0.25) is 0 Å². The van der Waals surface area contributed by atoms with Gasteiger partial charge in [0.1, 0.15) is 0 Å². The predicted octanol–water partition coefficient (Wildman–Crippen LogP) is 0.954. The number of rotatable bonds is 3. The summed E-state index contributed by atoms with van der Waals surface area (Å²) in [5.74, 6) is 0.133. The molecule has 21 heavy (non-hydrogen) atoms. The van der Waals surface area contributed by atoms with E-state index in [4.69, 9.17) is 5.73 Å². The molecule has 2 N–H and O–H groups in total. The van der Waals surface area contributed by atoms with Gasteiger partial charge in [0.25, 0.3) is 5.91 Å². The van der Waals surface area contributed by atoms with Gasteiger partial charge < -0.3 is 15.5 Å². The first-order valence-corrected chi connectivity index (χ1v) is 7.39. The number of piperazine rings is 1. The van der Waals surface area contributed by atoms with E-state index >= 15 is 0 Å². The molecule has 1 heterocycles. The first-order valence-electron chi connectivity index (χ1n) is 7.39. The van der Waals surface area contributed by atoms with Crippen LogP contribution in [-0.2, 0) is 4.79 Å². The lowest BCUT2D eigenvalue weighted by Gasteiger charge is -2.36. The molecule has 1 fully saturated rings. The van der Waals surface area contributed by atoms with Crippen LogP contribution < -0.4 is 5.73 Å². The summed E-state index contributed by atoms with van der Waals surface area (Å²) in [7, 11) is 0. The van der Waals surface area contributed by atoms with E-state index in [9.17, 15) is 9.59 Å². The fourth-order valence-electron chi connectivity index (χ4n) is 2.39. The molecule has 1 saturated heterocycles. The lowest BCUT2D eigenvalue weighted by Crippen LogP contribution is -2.55. The zero-order valence-electron chi connectivity index (χ0n) is 12.7. The van der Waals surface area contributed by atoms with Gasteiger partial charge in [-0.25, -0.2) is 0 Å². The molecular weight excluding hydrogens is 266 g/mol. The highest BCUT2D eigenvalue weighted by Gasteiger charge is 2.28. The summed E-state index contributed by atoms with van der Waals surface area (Å²) in [6.45, 7) is 6.11. The number of nitrogens with two attached hydrogens (primary N) is 1. The summed E-state index contributed by atoms with van der Waals surface area (Å²) in [4.78, 5) is 28.1. The normalized spacial score (nSPS) is 17.0. The second-order valence-corrected chi connectivity index (χ2v) is 5.75. The first-order chi connectivity index (χ1) is 10.0. The van der Waals surface area contributed by atoms with Gasteiger partial charge in [-0.3, -0.25) is 9.59 Å². The van der Waals surface area contributed by atoms with Crippen LogP contribution in [0.4, 0.5) is 0 Å². The van der Waals surface area contributed by atoms with Crippen molar-refractivity contribution in [3.8, 4) is 0 Å². The van der Waals surface area contributed by atoms with Crippen molar-refractivity contribution < 1.29 is 9.59 Å². The van der Waals surface area contributed by atoms with Crippen molar-refractivity contribution in [1.82, 2.24) is 9.80 Å². The third kappa shape index (κ3) is 3.61. The lowest BCUT2D eigenvalue weighted by molar-refractivity contribution is -0.135.